The van der Waals surface area contributed by atoms with Crippen LogP contribution in [-0.4, -0.2) is 66.0 Å². The van der Waals surface area contributed by atoms with E-state index in [0.29, 0.717) is 18.0 Å². The molecule has 2 fully saturated rings. The number of aryl methyl sites for hydroxylation is 1. The number of pyridine rings is 1. The fourth-order valence-electron chi connectivity index (χ4n) is 5.49. The molecule has 0 saturated carbocycles. The third kappa shape index (κ3) is 4.29. The minimum absolute atomic E-state index is 0.0124. The maximum Gasteiger partial charge on any atom is 0.243 e. The van der Waals surface area contributed by atoms with E-state index in [9.17, 15) is 13.5 Å². The van der Waals surface area contributed by atoms with Crippen molar-refractivity contribution in [2.24, 2.45) is 0 Å². The molecule has 2 aliphatic heterocycles. The topological polar surface area (TPSA) is 73.7 Å². The predicted octanol–water partition coefficient (Wildman–Crippen LogP) is 3.67. The lowest BCUT2D eigenvalue weighted by Crippen LogP contribution is -2.67. The Kier molecular flexibility index (Phi) is 6.53. The first-order valence-electron chi connectivity index (χ1n) is 11.9. The number of hydrogen-bond acceptors (Lipinski definition) is 5. The Bertz CT molecular complexity index is 1230. The van der Waals surface area contributed by atoms with E-state index in [1.54, 1.807) is 34.9 Å². The monoisotopic (exact) mass is 477 g/mol. The van der Waals surface area contributed by atoms with Crippen LogP contribution in [0.2, 0.25) is 0 Å². The molecule has 34 heavy (non-hydrogen) atoms. The normalized spacial score (nSPS) is 24.0. The second-order valence-corrected chi connectivity index (χ2v) is 11.3. The van der Waals surface area contributed by atoms with E-state index >= 15 is 0 Å². The van der Waals surface area contributed by atoms with Gasteiger partial charge < -0.3 is 5.11 Å². The molecule has 3 heterocycles. The SMILES string of the molecule is Cc1cccc(S(=O)(=O)N2CCCCN3[C@H](CO)[C@H](c4ccc(-c5ccncc5)cc4)[C@H]3C2)c1. The van der Waals surface area contributed by atoms with Gasteiger partial charge in [-0.15, -0.1) is 0 Å². The highest BCUT2D eigenvalue weighted by Crippen LogP contribution is 2.43. The van der Waals surface area contributed by atoms with Crippen LogP contribution in [0, 0.1) is 6.92 Å². The summed E-state index contributed by atoms with van der Waals surface area (Å²) in [7, 11) is -3.58. The Morgan fingerprint density at radius 1 is 0.971 bits per heavy atom. The molecule has 6 nitrogen and oxygen atoms in total. The summed E-state index contributed by atoms with van der Waals surface area (Å²) in [5, 5.41) is 10.2. The number of aromatic nitrogens is 1. The standard InChI is InChI=1S/C27H31N3O3S/c1-20-5-4-6-24(17-20)34(32,33)29-15-2-3-16-30-25(18-29)27(26(30)19-31)23-9-7-21(8-10-23)22-11-13-28-14-12-22/h4-14,17,25-27,31H,2-3,15-16,18-19H2,1H3/t25-,26-,27-/m1/s1. The van der Waals surface area contributed by atoms with Gasteiger partial charge in [0.2, 0.25) is 10.0 Å². The van der Waals surface area contributed by atoms with Crippen LogP contribution in [-0.2, 0) is 10.0 Å². The molecule has 2 aromatic carbocycles. The maximum atomic E-state index is 13.5. The van der Waals surface area contributed by atoms with Crippen molar-refractivity contribution in [1.29, 1.82) is 0 Å². The van der Waals surface area contributed by atoms with Gasteiger partial charge in [0.15, 0.2) is 0 Å². The minimum Gasteiger partial charge on any atom is -0.395 e. The first-order chi connectivity index (χ1) is 16.5. The zero-order chi connectivity index (χ0) is 23.7. The van der Waals surface area contributed by atoms with Crippen LogP contribution < -0.4 is 0 Å². The molecule has 0 bridgehead atoms. The van der Waals surface area contributed by atoms with Crippen LogP contribution in [0.15, 0.2) is 78.0 Å². The van der Waals surface area contributed by atoms with E-state index in [4.69, 9.17) is 0 Å². The summed E-state index contributed by atoms with van der Waals surface area (Å²) in [4.78, 5) is 6.75. The Morgan fingerprint density at radius 3 is 2.38 bits per heavy atom. The van der Waals surface area contributed by atoms with Crippen LogP contribution >= 0.6 is 0 Å². The zero-order valence-corrected chi connectivity index (χ0v) is 20.2. The van der Waals surface area contributed by atoms with Crippen LogP contribution in [0.25, 0.3) is 11.1 Å². The highest BCUT2D eigenvalue weighted by atomic mass is 32.2. The molecule has 3 atom stereocenters. The Labute approximate surface area is 201 Å². The molecule has 5 rings (SSSR count). The zero-order valence-electron chi connectivity index (χ0n) is 19.4. The van der Waals surface area contributed by atoms with E-state index in [0.717, 1.165) is 41.6 Å². The van der Waals surface area contributed by atoms with Gasteiger partial charge in [0.05, 0.1) is 11.5 Å². The predicted molar refractivity (Wildman–Crippen MR) is 133 cm³/mol. The number of sulfonamides is 1. The Morgan fingerprint density at radius 2 is 1.68 bits per heavy atom. The average Bonchev–Trinajstić information content (AvgIpc) is 2.84. The third-order valence-electron chi connectivity index (χ3n) is 7.27. The molecule has 0 spiro atoms. The van der Waals surface area contributed by atoms with Gasteiger partial charge in [-0.3, -0.25) is 9.88 Å². The minimum atomic E-state index is -3.58. The molecule has 0 aliphatic carbocycles. The molecular formula is C27H31N3O3S. The van der Waals surface area contributed by atoms with E-state index in [1.807, 2.05) is 25.1 Å². The lowest BCUT2D eigenvalue weighted by atomic mass is 9.74. The molecule has 7 heteroatoms. The summed E-state index contributed by atoms with van der Waals surface area (Å²) in [5.41, 5.74) is 4.30. The van der Waals surface area contributed by atoms with E-state index < -0.39 is 10.0 Å². The summed E-state index contributed by atoms with van der Waals surface area (Å²) >= 11 is 0. The van der Waals surface area contributed by atoms with E-state index in [1.165, 1.54) is 0 Å². The quantitative estimate of drug-likeness (QED) is 0.607. The molecule has 178 valence electrons. The first-order valence-corrected chi connectivity index (χ1v) is 13.4. The summed E-state index contributed by atoms with van der Waals surface area (Å²) in [6.45, 7) is 3.83. The van der Waals surface area contributed by atoms with Gasteiger partial charge in [-0.2, -0.15) is 4.31 Å². The second kappa shape index (κ2) is 9.58. The van der Waals surface area contributed by atoms with Crippen molar-refractivity contribution < 1.29 is 13.5 Å². The van der Waals surface area contributed by atoms with Gasteiger partial charge in [0, 0.05) is 43.5 Å². The van der Waals surface area contributed by atoms with E-state index in [-0.39, 0.29) is 24.6 Å². The fourth-order valence-corrected chi connectivity index (χ4v) is 7.10. The third-order valence-corrected chi connectivity index (χ3v) is 9.13. The van der Waals surface area contributed by atoms with Crippen molar-refractivity contribution in [3.8, 4) is 11.1 Å². The Balaban J connectivity index is 1.43. The number of benzene rings is 2. The Hall–Kier alpha value is -2.58. The average molecular weight is 478 g/mol. The molecule has 0 amide bonds. The van der Waals surface area contributed by atoms with Gasteiger partial charge in [-0.25, -0.2) is 8.42 Å². The van der Waals surface area contributed by atoms with Crippen LogP contribution in [0.5, 0.6) is 0 Å². The van der Waals surface area contributed by atoms with Crippen molar-refractivity contribution in [2.45, 2.75) is 42.7 Å². The lowest BCUT2D eigenvalue weighted by Gasteiger charge is -2.57. The molecule has 1 aromatic heterocycles. The fraction of sp³-hybridized carbons (Fsp3) is 0.370. The molecule has 0 radical (unpaired) electrons. The van der Waals surface area contributed by atoms with Crippen LogP contribution in [0.4, 0.5) is 0 Å². The van der Waals surface area contributed by atoms with Gasteiger partial charge >= 0.3 is 0 Å². The summed E-state index contributed by atoms with van der Waals surface area (Å²) in [6.07, 6.45) is 5.30. The van der Waals surface area contributed by atoms with Crippen molar-refractivity contribution in [3.63, 3.8) is 0 Å². The van der Waals surface area contributed by atoms with E-state index in [2.05, 4.69) is 34.1 Å². The highest BCUT2D eigenvalue weighted by Gasteiger charge is 2.50. The first kappa shape index (κ1) is 23.2. The number of nitrogens with zero attached hydrogens (tertiary/aromatic N) is 3. The van der Waals surface area contributed by atoms with Gasteiger partial charge in [0.1, 0.15) is 0 Å². The van der Waals surface area contributed by atoms with Gasteiger partial charge in [0.25, 0.3) is 0 Å². The van der Waals surface area contributed by atoms with Crippen molar-refractivity contribution in [2.75, 3.05) is 26.2 Å². The molecule has 2 saturated heterocycles. The number of rotatable bonds is 5. The number of aliphatic hydroxyl groups is 1. The second-order valence-electron chi connectivity index (χ2n) is 9.33. The number of fused-ring (bicyclic) bond motifs is 1. The lowest BCUT2D eigenvalue weighted by molar-refractivity contribution is -0.0553. The number of aliphatic hydroxyl groups excluding tert-OH is 1. The molecular weight excluding hydrogens is 446 g/mol. The van der Waals surface area contributed by atoms with Crippen LogP contribution in [0.1, 0.15) is 29.9 Å². The molecule has 0 unspecified atom stereocenters. The van der Waals surface area contributed by atoms with Crippen LogP contribution in [0.3, 0.4) is 0 Å². The van der Waals surface area contributed by atoms with Gasteiger partial charge in [-0.1, -0.05) is 36.4 Å². The van der Waals surface area contributed by atoms with Crippen molar-refractivity contribution in [1.82, 2.24) is 14.2 Å². The molecule has 1 N–H and O–H groups in total. The molecule has 2 aliphatic rings. The summed E-state index contributed by atoms with van der Waals surface area (Å²) in [5.74, 6) is 0.0878. The molecule has 3 aromatic rings. The summed E-state index contributed by atoms with van der Waals surface area (Å²) in [6, 6.07) is 19.6. The van der Waals surface area contributed by atoms with Crippen molar-refractivity contribution >= 4 is 10.0 Å². The smallest absolute Gasteiger partial charge is 0.243 e. The summed E-state index contributed by atoms with van der Waals surface area (Å²) < 4.78 is 28.7. The highest BCUT2D eigenvalue weighted by molar-refractivity contribution is 7.89. The largest absolute Gasteiger partial charge is 0.395 e. The van der Waals surface area contributed by atoms with Gasteiger partial charge in [-0.05, 0) is 72.8 Å². The maximum absolute atomic E-state index is 13.5. The van der Waals surface area contributed by atoms with Crippen molar-refractivity contribution in [3.05, 3.63) is 84.2 Å². The number of hydrogen-bond donors (Lipinski definition) is 1.